The molecule has 0 spiro atoms. The monoisotopic (exact) mass is 1110 g/mol. The maximum Gasteiger partial charge on any atom is 0.306 e. The highest BCUT2D eigenvalue weighted by molar-refractivity contribution is 5.71. The van der Waals surface area contributed by atoms with Gasteiger partial charge in [0.2, 0.25) is 0 Å². The van der Waals surface area contributed by atoms with Gasteiger partial charge in [-0.3, -0.25) is 14.4 Å². The first-order chi connectivity index (χ1) is 39.5. The highest BCUT2D eigenvalue weighted by Crippen LogP contribution is 2.18. The third kappa shape index (κ3) is 65.4. The summed E-state index contributed by atoms with van der Waals surface area (Å²) in [6.45, 7) is 6.52. The highest BCUT2D eigenvalue weighted by atomic mass is 16.6. The van der Waals surface area contributed by atoms with Crippen molar-refractivity contribution in [1.29, 1.82) is 0 Å². The Morgan fingerprint density at radius 1 is 0.263 bits per heavy atom. The molecule has 0 fully saturated rings. The number of ether oxygens (including phenoxy) is 3. The third-order valence-electron chi connectivity index (χ3n) is 15.1. The van der Waals surface area contributed by atoms with Crippen molar-refractivity contribution in [2.24, 2.45) is 0 Å². The van der Waals surface area contributed by atoms with E-state index in [1.165, 1.54) is 218 Å². The van der Waals surface area contributed by atoms with E-state index in [-0.39, 0.29) is 37.5 Å². The van der Waals surface area contributed by atoms with Crippen molar-refractivity contribution < 1.29 is 28.6 Å². The number of hydrogen-bond donors (Lipinski definition) is 0. The van der Waals surface area contributed by atoms with Gasteiger partial charge in [-0.1, -0.05) is 324 Å². The van der Waals surface area contributed by atoms with E-state index < -0.39 is 6.10 Å². The summed E-state index contributed by atoms with van der Waals surface area (Å²) in [5, 5.41) is 0. The van der Waals surface area contributed by atoms with Crippen molar-refractivity contribution in [2.45, 2.75) is 354 Å². The number of allylic oxidation sites excluding steroid dienone is 14. The maximum absolute atomic E-state index is 12.9. The first-order valence-corrected chi connectivity index (χ1v) is 34.6. The summed E-state index contributed by atoms with van der Waals surface area (Å²) in [5.74, 6) is -0.934. The molecule has 80 heavy (non-hydrogen) atoms. The second kappa shape index (κ2) is 68.1. The molecule has 0 N–H and O–H groups in total. The Morgan fingerprint density at radius 2 is 0.500 bits per heavy atom. The molecule has 0 aliphatic heterocycles. The van der Waals surface area contributed by atoms with Gasteiger partial charge in [0.25, 0.3) is 0 Å². The van der Waals surface area contributed by atoms with Gasteiger partial charge in [-0.05, 0) is 89.9 Å². The van der Waals surface area contributed by atoms with E-state index in [1.54, 1.807) is 0 Å². The predicted molar refractivity (Wildman–Crippen MR) is 348 cm³/mol. The summed E-state index contributed by atoms with van der Waals surface area (Å²) in [4.78, 5) is 38.4. The molecule has 1 unspecified atom stereocenters. The van der Waals surface area contributed by atoms with E-state index in [0.717, 1.165) is 83.5 Å². The van der Waals surface area contributed by atoms with Gasteiger partial charge < -0.3 is 14.2 Å². The zero-order valence-electron chi connectivity index (χ0n) is 53.1. The van der Waals surface area contributed by atoms with Crippen LogP contribution in [0.5, 0.6) is 0 Å². The molecular weight excluding hydrogens is 985 g/mol. The minimum absolute atomic E-state index is 0.0913. The Labute approximate surface area is 496 Å². The van der Waals surface area contributed by atoms with Gasteiger partial charge in [-0.15, -0.1) is 0 Å². The van der Waals surface area contributed by atoms with Crippen LogP contribution in [-0.2, 0) is 28.6 Å². The lowest BCUT2D eigenvalue weighted by Crippen LogP contribution is -2.30. The molecule has 462 valence electrons. The summed E-state index contributed by atoms with van der Waals surface area (Å²) in [7, 11) is 0. The second-order valence-electron chi connectivity index (χ2n) is 23.1. The molecule has 0 heterocycles. The first kappa shape index (κ1) is 76.6. The van der Waals surface area contributed by atoms with E-state index in [2.05, 4.69) is 106 Å². The van der Waals surface area contributed by atoms with Crippen molar-refractivity contribution in [1.82, 2.24) is 0 Å². The van der Waals surface area contributed by atoms with Crippen molar-refractivity contribution in [3.05, 3.63) is 85.1 Å². The topological polar surface area (TPSA) is 78.9 Å². The SMILES string of the molecule is CC/C=C\C/C=C\C/C=C\C/C=C\C/C=C\CCCC(=O)OCC(COC(=O)CCCCCCCCCCCCCCC/C=C\C/C=C\CCCCCCC)OC(=O)CCCCCCCCCCCCCCCCCCCCCC. The molecule has 0 aromatic carbocycles. The molecule has 0 radical (unpaired) electrons. The summed E-state index contributed by atoms with van der Waals surface area (Å²) in [6.07, 6.45) is 90.4. The predicted octanol–water partition coefficient (Wildman–Crippen LogP) is 23.8. The molecule has 0 aromatic heterocycles. The fourth-order valence-electron chi connectivity index (χ4n) is 9.98. The van der Waals surface area contributed by atoms with Crippen molar-refractivity contribution in [3.8, 4) is 0 Å². The number of carbonyl (C=O) groups excluding carboxylic acids is 3. The molecule has 6 nitrogen and oxygen atoms in total. The average molecular weight is 1120 g/mol. The van der Waals surface area contributed by atoms with Crippen LogP contribution in [0.1, 0.15) is 348 Å². The number of unbranched alkanes of at least 4 members (excludes halogenated alkanes) is 38. The van der Waals surface area contributed by atoms with Crippen LogP contribution >= 0.6 is 0 Å². The van der Waals surface area contributed by atoms with Crippen LogP contribution in [-0.4, -0.2) is 37.2 Å². The summed E-state index contributed by atoms with van der Waals surface area (Å²) >= 11 is 0. The van der Waals surface area contributed by atoms with E-state index in [0.29, 0.717) is 19.3 Å². The molecule has 1 atom stereocenters. The normalized spacial score (nSPS) is 12.6. The molecular formula is C74H130O6. The van der Waals surface area contributed by atoms with Gasteiger partial charge in [0.1, 0.15) is 13.2 Å². The number of carbonyl (C=O) groups is 3. The van der Waals surface area contributed by atoms with Gasteiger partial charge in [0, 0.05) is 19.3 Å². The molecule has 6 heteroatoms. The number of hydrogen-bond acceptors (Lipinski definition) is 6. The lowest BCUT2D eigenvalue weighted by atomic mass is 10.0. The van der Waals surface area contributed by atoms with E-state index in [4.69, 9.17) is 14.2 Å². The smallest absolute Gasteiger partial charge is 0.306 e. The standard InChI is InChI=1S/C74H130O6/c1-4-7-10-13-16-19-22-25-28-31-33-35-36-37-38-39-41-43-46-49-52-55-58-61-64-67-73(76)79-70-71(69-78-72(75)66-63-60-57-54-51-48-45-42-30-27-24-21-18-15-12-9-6-3)80-74(77)68-65-62-59-56-53-50-47-44-40-34-32-29-26-23-20-17-14-11-8-5-2/h9,12,18,21-22,25,27,30-31,33,45,48,54,57,71H,4-8,10-11,13-17,19-20,23-24,26,28-29,32,34-44,46-47,49-53,55-56,58-70H2,1-3H3/b12-9-,21-18-,25-22-,30-27-,33-31-,48-45-,57-54-. The summed E-state index contributed by atoms with van der Waals surface area (Å²) < 4.78 is 16.9. The largest absolute Gasteiger partial charge is 0.462 e. The molecule has 0 saturated carbocycles. The van der Waals surface area contributed by atoms with Crippen LogP contribution < -0.4 is 0 Å². The van der Waals surface area contributed by atoms with Crippen LogP contribution in [0.2, 0.25) is 0 Å². The van der Waals surface area contributed by atoms with Crippen LogP contribution in [0.3, 0.4) is 0 Å². The van der Waals surface area contributed by atoms with Crippen molar-refractivity contribution in [3.63, 3.8) is 0 Å². The van der Waals surface area contributed by atoms with E-state index in [9.17, 15) is 14.4 Å². The molecule has 0 amide bonds. The number of esters is 3. The van der Waals surface area contributed by atoms with Crippen LogP contribution in [0.15, 0.2) is 85.1 Å². The second-order valence-corrected chi connectivity index (χ2v) is 23.1. The Kier molecular flexibility index (Phi) is 65.2. The minimum atomic E-state index is -0.800. The van der Waals surface area contributed by atoms with Crippen LogP contribution in [0, 0.1) is 0 Å². The lowest BCUT2D eigenvalue weighted by Gasteiger charge is -2.18. The number of rotatable bonds is 63. The van der Waals surface area contributed by atoms with E-state index >= 15 is 0 Å². The maximum atomic E-state index is 12.9. The molecule has 0 rings (SSSR count). The minimum Gasteiger partial charge on any atom is -0.462 e. The van der Waals surface area contributed by atoms with E-state index in [1.807, 2.05) is 0 Å². The third-order valence-corrected chi connectivity index (χ3v) is 15.1. The fraction of sp³-hybridized carbons (Fsp3) is 0.770. The Hall–Kier alpha value is -3.41. The molecule has 0 bridgehead atoms. The zero-order valence-corrected chi connectivity index (χ0v) is 53.1. The molecule has 0 aliphatic carbocycles. The summed E-state index contributed by atoms with van der Waals surface area (Å²) in [6, 6.07) is 0. The van der Waals surface area contributed by atoms with Crippen molar-refractivity contribution >= 4 is 17.9 Å². The van der Waals surface area contributed by atoms with Gasteiger partial charge in [0.05, 0.1) is 0 Å². The van der Waals surface area contributed by atoms with Gasteiger partial charge in [0.15, 0.2) is 6.10 Å². The van der Waals surface area contributed by atoms with Crippen molar-refractivity contribution in [2.75, 3.05) is 13.2 Å². The Balaban J connectivity index is 4.37. The quantitative estimate of drug-likeness (QED) is 0.0261. The van der Waals surface area contributed by atoms with Gasteiger partial charge in [-0.25, -0.2) is 0 Å². The van der Waals surface area contributed by atoms with Gasteiger partial charge >= 0.3 is 17.9 Å². The fourth-order valence-corrected chi connectivity index (χ4v) is 9.98. The van der Waals surface area contributed by atoms with Crippen LogP contribution in [0.4, 0.5) is 0 Å². The average Bonchev–Trinajstić information content (AvgIpc) is 3.46. The zero-order chi connectivity index (χ0) is 57.8. The Bertz CT molecular complexity index is 1520. The lowest BCUT2D eigenvalue weighted by molar-refractivity contribution is -0.167. The first-order valence-electron chi connectivity index (χ1n) is 34.6. The molecule has 0 aliphatic rings. The molecule has 0 saturated heterocycles. The molecule has 0 aromatic rings. The Morgan fingerprint density at radius 3 is 0.812 bits per heavy atom. The van der Waals surface area contributed by atoms with Crippen LogP contribution in [0.25, 0.3) is 0 Å². The van der Waals surface area contributed by atoms with Gasteiger partial charge in [-0.2, -0.15) is 0 Å². The highest BCUT2D eigenvalue weighted by Gasteiger charge is 2.19. The summed E-state index contributed by atoms with van der Waals surface area (Å²) in [5.41, 5.74) is 0.